The van der Waals surface area contributed by atoms with E-state index in [4.69, 9.17) is 10.5 Å². The molecule has 0 bridgehead atoms. The lowest BCUT2D eigenvalue weighted by Gasteiger charge is -2.56. The van der Waals surface area contributed by atoms with Crippen LogP contribution in [0.5, 0.6) is 5.75 Å². The van der Waals surface area contributed by atoms with Crippen molar-refractivity contribution < 1.29 is 43.7 Å². The number of hydrogen-bond acceptors (Lipinski definition) is 10. The SMILES string of the molecule is CCCCCC(=O)O[C@H]1[C@H]2C(C(=O)c3c(O)cccc3[C@@H]2C)C(=O)[C@]2(O)C(=O)C(C(N)=O)C(=O)C(N(C)C)[C@H]12. The fourth-order valence-electron chi connectivity index (χ4n) is 6.80. The number of phenols is 1. The summed E-state index contributed by atoms with van der Waals surface area (Å²) < 4.78 is 5.91. The number of fused-ring (bicyclic) bond motifs is 3. The van der Waals surface area contributed by atoms with Gasteiger partial charge in [-0.3, -0.25) is 33.7 Å². The van der Waals surface area contributed by atoms with Crippen LogP contribution < -0.4 is 5.73 Å². The molecule has 0 aromatic heterocycles. The lowest BCUT2D eigenvalue weighted by Crippen LogP contribution is -2.78. The number of esters is 1. The molecule has 2 fully saturated rings. The van der Waals surface area contributed by atoms with Crippen molar-refractivity contribution in [3.8, 4) is 5.75 Å². The van der Waals surface area contributed by atoms with E-state index in [1.807, 2.05) is 6.92 Å². The van der Waals surface area contributed by atoms with E-state index in [2.05, 4.69) is 0 Å². The Balaban J connectivity index is 1.95. The van der Waals surface area contributed by atoms with Gasteiger partial charge in [-0.1, -0.05) is 38.8 Å². The van der Waals surface area contributed by atoms with E-state index in [9.17, 15) is 39.0 Å². The van der Waals surface area contributed by atoms with Crippen molar-refractivity contribution in [3.63, 3.8) is 0 Å². The number of nitrogens with two attached hydrogens (primary N) is 1. The second-order valence-corrected chi connectivity index (χ2v) is 11.0. The Kier molecular flexibility index (Phi) is 7.52. The number of phenolic OH excluding ortho intramolecular Hbond substituents is 1. The summed E-state index contributed by atoms with van der Waals surface area (Å²) in [6.07, 6.45) is 0.684. The first-order chi connectivity index (χ1) is 18.3. The number of amides is 1. The normalized spacial score (nSPS) is 33.8. The zero-order chi connectivity index (χ0) is 29.0. The fraction of sp³-hybridized carbons (Fsp3) is 0.571. The van der Waals surface area contributed by atoms with E-state index >= 15 is 0 Å². The van der Waals surface area contributed by atoms with Crippen molar-refractivity contribution in [2.45, 2.75) is 63.2 Å². The van der Waals surface area contributed by atoms with Gasteiger partial charge in [0.1, 0.15) is 11.9 Å². The summed E-state index contributed by atoms with van der Waals surface area (Å²) in [6, 6.07) is 3.04. The van der Waals surface area contributed by atoms with Crippen molar-refractivity contribution in [2.75, 3.05) is 14.1 Å². The second kappa shape index (κ2) is 10.3. The van der Waals surface area contributed by atoms with Gasteiger partial charge in [-0.15, -0.1) is 0 Å². The second-order valence-electron chi connectivity index (χ2n) is 11.0. The topological polar surface area (TPSA) is 181 Å². The average Bonchev–Trinajstić information content (AvgIpc) is 2.85. The van der Waals surface area contributed by atoms with Crippen LogP contribution in [0.25, 0.3) is 0 Å². The first-order valence-corrected chi connectivity index (χ1v) is 13.2. The Labute approximate surface area is 225 Å². The highest BCUT2D eigenvalue weighted by Crippen LogP contribution is 2.55. The smallest absolute Gasteiger partial charge is 0.306 e. The van der Waals surface area contributed by atoms with Crippen molar-refractivity contribution in [1.82, 2.24) is 4.90 Å². The number of aliphatic hydroxyl groups is 1. The molecule has 11 nitrogen and oxygen atoms in total. The van der Waals surface area contributed by atoms with Gasteiger partial charge in [0.15, 0.2) is 34.7 Å². The largest absolute Gasteiger partial charge is 0.507 e. The first kappa shape index (κ1) is 28.6. The van der Waals surface area contributed by atoms with Crippen LogP contribution in [-0.4, -0.2) is 82.0 Å². The molecular formula is C28H34N2O9. The summed E-state index contributed by atoms with van der Waals surface area (Å²) in [7, 11) is 2.94. The molecule has 0 spiro atoms. The van der Waals surface area contributed by atoms with E-state index in [0.717, 1.165) is 12.8 Å². The number of Topliss-reactive ketones (excluding diaryl/α,β-unsaturated/α-hetero) is 4. The number of hydrogen-bond donors (Lipinski definition) is 3. The van der Waals surface area contributed by atoms with E-state index in [0.29, 0.717) is 12.0 Å². The first-order valence-electron chi connectivity index (χ1n) is 13.2. The number of rotatable bonds is 7. The molecule has 4 rings (SSSR count). The molecule has 1 amide bonds. The molecule has 1 aromatic carbocycles. The van der Waals surface area contributed by atoms with Crippen LogP contribution in [0.15, 0.2) is 18.2 Å². The average molecular weight is 543 g/mol. The van der Waals surface area contributed by atoms with Gasteiger partial charge in [-0.05, 0) is 38.1 Å². The molecule has 4 N–H and O–H groups in total. The Morgan fingerprint density at radius 1 is 1.10 bits per heavy atom. The van der Waals surface area contributed by atoms with Crippen molar-refractivity contribution in [3.05, 3.63) is 29.3 Å². The van der Waals surface area contributed by atoms with Gasteiger partial charge in [0.05, 0.1) is 23.4 Å². The minimum atomic E-state index is -3.02. The molecule has 210 valence electrons. The third kappa shape index (κ3) is 4.19. The maximum atomic E-state index is 14.1. The fourth-order valence-corrected chi connectivity index (χ4v) is 6.80. The minimum Gasteiger partial charge on any atom is -0.507 e. The maximum absolute atomic E-state index is 14.1. The zero-order valence-electron chi connectivity index (χ0n) is 22.4. The van der Waals surface area contributed by atoms with Gasteiger partial charge in [-0.25, -0.2) is 0 Å². The summed E-state index contributed by atoms with van der Waals surface area (Å²) >= 11 is 0. The summed E-state index contributed by atoms with van der Waals surface area (Å²) in [5.41, 5.74) is 2.65. The van der Waals surface area contributed by atoms with Crippen LogP contribution in [0, 0.1) is 23.7 Å². The van der Waals surface area contributed by atoms with Crippen LogP contribution in [0.1, 0.15) is 61.4 Å². The monoisotopic (exact) mass is 542 g/mol. The lowest BCUT2D eigenvalue weighted by molar-refractivity contribution is -0.205. The van der Waals surface area contributed by atoms with Crippen LogP contribution >= 0.6 is 0 Å². The number of carbonyl (C=O) groups is 6. The van der Waals surface area contributed by atoms with Gasteiger partial charge in [0.25, 0.3) is 0 Å². The quantitative estimate of drug-likeness (QED) is 0.250. The number of likely N-dealkylation sites (N-methyl/N-ethyl adjacent to an activating group) is 1. The number of benzene rings is 1. The predicted molar refractivity (Wildman–Crippen MR) is 135 cm³/mol. The third-order valence-electron chi connectivity index (χ3n) is 8.58. The minimum absolute atomic E-state index is 0.0129. The van der Waals surface area contributed by atoms with E-state index in [1.165, 1.54) is 25.1 Å². The highest BCUT2D eigenvalue weighted by molar-refractivity contribution is 6.32. The van der Waals surface area contributed by atoms with E-state index in [1.54, 1.807) is 19.1 Å². The molecular weight excluding hydrogens is 508 g/mol. The number of nitrogens with zero attached hydrogens (tertiary/aromatic N) is 1. The van der Waals surface area contributed by atoms with Crippen molar-refractivity contribution in [2.24, 2.45) is 29.4 Å². The summed E-state index contributed by atoms with van der Waals surface area (Å²) in [5, 5.41) is 22.5. The predicted octanol–water partition coefficient (Wildman–Crippen LogP) is 0.530. The summed E-state index contributed by atoms with van der Waals surface area (Å²) in [5.74, 6) is -13.9. The molecule has 8 atom stereocenters. The number of aromatic hydroxyl groups is 1. The van der Waals surface area contributed by atoms with Gasteiger partial charge < -0.3 is 20.7 Å². The Morgan fingerprint density at radius 3 is 2.36 bits per heavy atom. The maximum Gasteiger partial charge on any atom is 0.306 e. The van der Waals surface area contributed by atoms with Crippen molar-refractivity contribution >= 4 is 35.0 Å². The van der Waals surface area contributed by atoms with E-state index in [-0.39, 0.29) is 17.7 Å². The van der Waals surface area contributed by atoms with Crippen LogP contribution in [-0.2, 0) is 28.7 Å². The Hall–Kier alpha value is -3.44. The summed E-state index contributed by atoms with van der Waals surface area (Å²) in [4.78, 5) is 81.6. The number of unbranched alkanes of at least 4 members (excludes halogenated alkanes) is 2. The van der Waals surface area contributed by atoms with Crippen molar-refractivity contribution in [1.29, 1.82) is 0 Å². The molecule has 0 saturated heterocycles. The molecule has 3 aliphatic carbocycles. The standard InChI is InChI=1S/C28H34N2O9/c1-5-6-7-11-15(32)39-24-16-12(2)13-9-8-10-14(31)17(13)22(33)18(16)25(35)28(38)20(24)21(30(3)4)23(34)19(26(28)36)27(29)37/h8-10,12,16,18-21,24,31,38H,5-7,11H2,1-4H3,(H2,29,37)/t12-,16+,18?,19?,20+,21?,24-,28-/m0/s1. The molecule has 2 saturated carbocycles. The van der Waals surface area contributed by atoms with Crippen LogP contribution in [0.2, 0.25) is 0 Å². The van der Waals surface area contributed by atoms with Crippen LogP contribution in [0.3, 0.4) is 0 Å². The molecule has 0 aliphatic heterocycles. The molecule has 3 aliphatic rings. The van der Waals surface area contributed by atoms with E-state index < -0.39 is 82.3 Å². The molecule has 39 heavy (non-hydrogen) atoms. The molecule has 3 unspecified atom stereocenters. The van der Waals surface area contributed by atoms with Gasteiger partial charge in [-0.2, -0.15) is 0 Å². The van der Waals surface area contributed by atoms with Gasteiger partial charge >= 0.3 is 5.97 Å². The third-order valence-corrected chi connectivity index (χ3v) is 8.58. The molecule has 0 radical (unpaired) electrons. The molecule has 1 aromatic rings. The number of primary amides is 1. The lowest BCUT2D eigenvalue weighted by atomic mass is 9.49. The molecule has 0 heterocycles. The highest BCUT2D eigenvalue weighted by atomic mass is 16.5. The Bertz CT molecular complexity index is 1260. The number of ketones is 4. The number of carbonyl (C=O) groups excluding carboxylic acids is 6. The zero-order valence-corrected chi connectivity index (χ0v) is 22.4. The molecule has 11 heteroatoms. The van der Waals surface area contributed by atoms with Crippen LogP contribution in [0.4, 0.5) is 0 Å². The Morgan fingerprint density at radius 2 is 1.77 bits per heavy atom. The summed E-state index contributed by atoms with van der Waals surface area (Å²) in [6.45, 7) is 3.66. The van der Waals surface area contributed by atoms with Gasteiger partial charge in [0, 0.05) is 12.3 Å². The van der Waals surface area contributed by atoms with Gasteiger partial charge in [0.2, 0.25) is 5.91 Å². The highest BCUT2D eigenvalue weighted by Gasteiger charge is 2.74. The number of ether oxygens (including phenoxy) is 1.